The van der Waals surface area contributed by atoms with Crippen LogP contribution >= 0.6 is 11.6 Å². The molecule has 1 saturated heterocycles. The van der Waals surface area contributed by atoms with E-state index in [2.05, 4.69) is 5.32 Å². The van der Waals surface area contributed by atoms with E-state index in [9.17, 15) is 9.59 Å². The van der Waals surface area contributed by atoms with Gasteiger partial charge in [0, 0.05) is 36.6 Å². The predicted molar refractivity (Wildman–Crippen MR) is 99.3 cm³/mol. The summed E-state index contributed by atoms with van der Waals surface area (Å²) in [5.41, 5.74) is 2.65. The average molecular weight is 371 g/mol. The molecule has 6 heteroatoms. The summed E-state index contributed by atoms with van der Waals surface area (Å²) in [7, 11) is 0. The Morgan fingerprint density at radius 3 is 2.96 bits per heavy atom. The molecule has 2 aromatic rings. The first kappa shape index (κ1) is 16.9. The van der Waals surface area contributed by atoms with Crippen LogP contribution in [-0.4, -0.2) is 29.4 Å². The number of hydrogen-bond donors (Lipinski definition) is 1. The highest BCUT2D eigenvalue weighted by Crippen LogP contribution is 2.31. The molecule has 0 aliphatic carbocycles. The zero-order valence-corrected chi connectivity index (χ0v) is 15.0. The van der Waals surface area contributed by atoms with Gasteiger partial charge in [-0.05, 0) is 47.9 Å². The van der Waals surface area contributed by atoms with Crippen molar-refractivity contribution in [3.8, 4) is 5.75 Å². The molecular formula is C20H19ClN2O3. The number of hydrogen-bond acceptors (Lipinski definition) is 3. The van der Waals surface area contributed by atoms with Gasteiger partial charge < -0.3 is 15.0 Å². The number of nitrogens with zero attached hydrogens (tertiary/aromatic N) is 1. The van der Waals surface area contributed by atoms with E-state index in [4.69, 9.17) is 16.3 Å². The Hall–Kier alpha value is -2.53. The summed E-state index contributed by atoms with van der Waals surface area (Å²) in [5.74, 6) is 0.706. The first-order valence-corrected chi connectivity index (χ1v) is 9.09. The quantitative estimate of drug-likeness (QED) is 0.897. The molecule has 0 saturated carbocycles. The van der Waals surface area contributed by atoms with Gasteiger partial charge in [-0.15, -0.1) is 0 Å². The highest BCUT2D eigenvalue weighted by molar-refractivity contribution is 6.30. The van der Waals surface area contributed by atoms with Crippen LogP contribution in [0.2, 0.25) is 5.02 Å². The molecule has 1 atom stereocenters. The Morgan fingerprint density at radius 1 is 1.27 bits per heavy atom. The maximum atomic E-state index is 12.5. The van der Waals surface area contributed by atoms with Gasteiger partial charge in [0.2, 0.25) is 5.91 Å². The Balaban J connectivity index is 1.40. The summed E-state index contributed by atoms with van der Waals surface area (Å²) in [4.78, 5) is 26.2. The first-order chi connectivity index (χ1) is 12.6. The molecule has 2 aromatic carbocycles. The molecule has 2 heterocycles. The number of amides is 2. The molecular weight excluding hydrogens is 352 g/mol. The van der Waals surface area contributed by atoms with Crippen LogP contribution in [0.3, 0.4) is 0 Å². The Bertz CT molecular complexity index is 868. The largest absolute Gasteiger partial charge is 0.480 e. The molecule has 134 valence electrons. The molecule has 1 N–H and O–H groups in total. The molecule has 0 radical (unpaired) electrons. The highest BCUT2D eigenvalue weighted by Gasteiger charge is 2.29. The molecule has 2 amide bonds. The Labute approximate surface area is 156 Å². The van der Waals surface area contributed by atoms with E-state index in [1.165, 1.54) is 0 Å². The number of likely N-dealkylation sites (tertiary alicyclic amines) is 1. The number of fused-ring (bicyclic) bond motifs is 1. The standard InChI is InChI=1S/C20H19ClN2O3/c21-15-6-7-17-14(10-15)11-18(26-17)20(25)22-16-4-1-3-13(9-16)12-23-8-2-5-19(23)24/h1,3-4,6-7,9-10,18H,2,5,8,11-12H2,(H,22,25). The van der Waals surface area contributed by atoms with Crippen molar-refractivity contribution in [3.05, 3.63) is 58.6 Å². The minimum Gasteiger partial charge on any atom is -0.480 e. The van der Waals surface area contributed by atoms with Gasteiger partial charge in [-0.25, -0.2) is 0 Å². The molecule has 4 rings (SSSR count). The van der Waals surface area contributed by atoms with Gasteiger partial charge in [-0.2, -0.15) is 0 Å². The number of benzene rings is 2. The van der Waals surface area contributed by atoms with Crippen molar-refractivity contribution in [1.82, 2.24) is 4.90 Å². The second-order valence-electron chi connectivity index (χ2n) is 6.67. The van der Waals surface area contributed by atoms with Gasteiger partial charge in [0.05, 0.1) is 0 Å². The third-order valence-electron chi connectivity index (χ3n) is 4.73. The second kappa shape index (κ2) is 7.00. The maximum Gasteiger partial charge on any atom is 0.265 e. The number of anilines is 1. The molecule has 0 aromatic heterocycles. The zero-order valence-electron chi connectivity index (χ0n) is 14.2. The Morgan fingerprint density at radius 2 is 2.15 bits per heavy atom. The van der Waals surface area contributed by atoms with Crippen LogP contribution in [0.15, 0.2) is 42.5 Å². The monoisotopic (exact) mass is 370 g/mol. The van der Waals surface area contributed by atoms with Crippen LogP contribution in [0.1, 0.15) is 24.0 Å². The molecule has 5 nitrogen and oxygen atoms in total. The molecule has 2 aliphatic rings. The smallest absolute Gasteiger partial charge is 0.265 e. The molecule has 1 unspecified atom stereocenters. The van der Waals surface area contributed by atoms with Crippen LogP contribution < -0.4 is 10.1 Å². The van der Waals surface area contributed by atoms with E-state index in [-0.39, 0.29) is 11.8 Å². The molecule has 2 aliphatic heterocycles. The van der Waals surface area contributed by atoms with Crippen molar-refractivity contribution >= 4 is 29.1 Å². The fraction of sp³-hybridized carbons (Fsp3) is 0.300. The van der Waals surface area contributed by atoms with Crippen molar-refractivity contribution < 1.29 is 14.3 Å². The fourth-order valence-electron chi connectivity index (χ4n) is 3.43. The normalized spacial score (nSPS) is 18.6. The van der Waals surface area contributed by atoms with Gasteiger partial charge in [0.1, 0.15) is 5.75 Å². The minimum absolute atomic E-state index is 0.188. The summed E-state index contributed by atoms with van der Waals surface area (Å²) >= 11 is 5.99. The maximum absolute atomic E-state index is 12.5. The zero-order chi connectivity index (χ0) is 18.1. The van der Waals surface area contributed by atoms with Crippen LogP contribution in [-0.2, 0) is 22.6 Å². The summed E-state index contributed by atoms with van der Waals surface area (Å²) in [6, 6.07) is 13.0. The first-order valence-electron chi connectivity index (χ1n) is 8.71. The van der Waals surface area contributed by atoms with Gasteiger partial charge in [-0.3, -0.25) is 9.59 Å². The van der Waals surface area contributed by atoms with Crippen LogP contribution in [0.5, 0.6) is 5.75 Å². The highest BCUT2D eigenvalue weighted by atomic mass is 35.5. The van der Waals surface area contributed by atoms with E-state index < -0.39 is 6.10 Å². The van der Waals surface area contributed by atoms with Gasteiger partial charge in [0.15, 0.2) is 6.10 Å². The second-order valence-corrected chi connectivity index (χ2v) is 7.11. The van der Waals surface area contributed by atoms with Crippen molar-refractivity contribution in [2.45, 2.75) is 31.9 Å². The number of rotatable bonds is 4. The van der Waals surface area contributed by atoms with Crippen LogP contribution in [0.25, 0.3) is 0 Å². The lowest BCUT2D eigenvalue weighted by molar-refractivity contribution is -0.128. The molecule has 1 fully saturated rings. The fourth-order valence-corrected chi connectivity index (χ4v) is 3.62. The van der Waals surface area contributed by atoms with E-state index in [1.54, 1.807) is 12.1 Å². The van der Waals surface area contributed by atoms with E-state index in [0.717, 1.165) is 24.1 Å². The van der Waals surface area contributed by atoms with Crippen LogP contribution in [0, 0.1) is 0 Å². The lowest BCUT2D eigenvalue weighted by Gasteiger charge is -2.16. The van der Waals surface area contributed by atoms with E-state index in [1.807, 2.05) is 35.2 Å². The summed E-state index contributed by atoms with van der Waals surface area (Å²) < 4.78 is 5.72. The van der Waals surface area contributed by atoms with Crippen molar-refractivity contribution in [2.75, 3.05) is 11.9 Å². The molecule has 0 spiro atoms. The van der Waals surface area contributed by atoms with Crippen molar-refractivity contribution in [2.24, 2.45) is 0 Å². The molecule has 0 bridgehead atoms. The van der Waals surface area contributed by atoms with E-state index in [0.29, 0.717) is 35.8 Å². The van der Waals surface area contributed by atoms with Gasteiger partial charge in [0.25, 0.3) is 5.91 Å². The Kier molecular flexibility index (Phi) is 4.55. The lowest BCUT2D eigenvalue weighted by Crippen LogP contribution is -2.31. The topological polar surface area (TPSA) is 58.6 Å². The predicted octanol–water partition coefficient (Wildman–Crippen LogP) is 3.40. The van der Waals surface area contributed by atoms with Crippen molar-refractivity contribution in [1.29, 1.82) is 0 Å². The molecule has 26 heavy (non-hydrogen) atoms. The van der Waals surface area contributed by atoms with E-state index >= 15 is 0 Å². The lowest BCUT2D eigenvalue weighted by atomic mass is 10.1. The van der Waals surface area contributed by atoms with Crippen molar-refractivity contribution in [3.63, 3.8) is 0 Å². The SMILES string of the molecule is O=C(Nc1cccc(CN2CCCC2=O)c1)C1Cc2cc(Cl)ccc2O1. The summed E-state index contributed by atoms with van der Waals surface area (Å²) in [6.07, 6.45) is 1.48. The third kappa shape index (κ3) is 3.53. The number of halogens is 1. The summed E-state index contributed by atoms with van der Waals surface area (Å²) in [6.45, 7) is 1.37. The average Bonchev–Trinajstić information content (AvgIpc) is 3.21. The minimum atomic E-state index is -0.563. The third-order valence-corrected chi connectivity index (χ3v) is 4.96. The van der Waals surface area contributed by atoms with Gasteiger partial charge in [-0.1, -0.05) is 23.7 Å². The number of ether oxygens (including phenoxy) is 1. The number of nitrogens with one attached hydrogen (secondary N) is 1. The number of carbonyl (C=O) groups excluding carboxylic acids is 2. The summed E-state index contributed by atoms with van der Waals surface area (Å²) in [5, 5.41) is 3.55. The number of carbonyl (C=O) groups is 2. The van der Waals surface area contributed by atoms with Gasteiger partial charge >= 0.3 is 0 Å². The van der Waals surface area contributed by atoms with Crippen LogP contribution in [0.4, 0.5) is 5.69 Å².